The van der Waals surface area contributed by atoms with Crippen LogP contribution in [-0.4, -0.2) is 28.2 Å². The highest BCUT2D eigenvalue weighted by Crippen LogP contribution is 2.34. The zero-order valence-corrected chi connectivity index (χ0v) is 18.6. The average Bonchev–Trinajstić information content (AvgIpc) is 3.26. The van der Waals surface area contributed by atoms with Crippen molar-refractivity contribution < 1.29 is 9.59 Å². The van der Waals surface area contributed by atoms with Crippen LogP contribution in [0.3, 0.4) is 0 Å². The van der Waals surface area contributed by atoms with Gasteiger partial charge in [0, 0.05) is 24.4 Å². The zero-order chi connectivity index (χ0) is 22.1. The molecule has 0 fully saturated rings. The van der Waals surface area contributed by atoms with Crippen molar-refractivity contribution in [3.63, 3.8) is 0 Å². The first kappa shape index (κ1) is 20.4. The first-order valence-corrected chi connectivity index (χ1v) is 11.6. The van der Waals surface area contributed by atoms with Crippen molar-refractivity contribution in [2.24, 2.45) is 0 Å². The number of rotatable bonds is 4. The third-order valence-electron chi connectivity index (χ3n) is 6.01. The van der Waals surface area contributed by atoms with E-state index in [-0.39, 0.29) is 24.3 Å². The van der Waals surface area contributed by atoms with E-state index in [4.69, 9.17) is 0 Å². The molecule has 2 heterocycles. The van der Waals surface area contributed by atoms with Crippen molar-refractivity contribution in [1.82, 2.24) is 9.88 Å². The van der Waals surface area contributed by atoms with E-state index < -0.39 is 0 Å². The minimum Gasteiger partial charge on any atom is -0.335 e. The van der Waals surface area contributed by atoms with Gasteiger partial charge in [-0.15, -0.1) is 11.3 Å². The van der Waals surface area contributed by atoms with Crippen LogP contribution in [0.2, 0.25) is 0 Å². The Balaban J connectivity index is 1.36. The fraction of sp³-hybridized carbons (Fsp3) is 0.192. The predicted octanol–water partition coefficient (Wildman–Crippen LogP) is 5.44. The van der Waals surface area contributed by atoms with Crippen LogP contribution in [0.15, 0.2) is 72.1 Å². The third-order valence-corrected chi connectivity index (χ3v) is 6.77. The Morgan fingerprint density at radius 2 is 1.84 bits per heavy atom. The molecule has 0 saturated heterocycles. The van der Waals surface area contributed by atoms with Gasteiger partial charge >= 0.3 is 0 Å². The highest BCUT2D eigenvalue weighted by Gasteiger charge is 2.30. The highest BCUT2D eigenvalue weighted by atomic mass is 32.1. The molecule has 1 N–H and O–H groups in total. The van der Waals surface area contributed by atoms with Gasteiger partial charge in [0.25, 0.3) is 0 Å². The minimum atomic E-state index is -0.255. The summed E-state index contributed by atoms with van der Waals surface area (Å²) in [5.41, 5.74) is 4.15. The number of amides is 2. The first-order chi connectivity index (χ1) is 15.6. The summed E-state index contributed by atoms with van der Waals surface area (Å²) >= 11 is 1.41. The molecule has 1 aromatic heterocycles. The topological polar surface area (TPSA) is 62.3 Å². The van der Waals surface area contributed by atoms with Crippen LogP contribution in [0.1, 0.15) is 30.5 Å². The van der Waals surface area contributed by atoms with E-state index >= 15 is 0 Å². The second-order valence-electron chi connectivity index (χ2n) is 7.99. The number of nitrogens with zero attached hydrogens (tertiary/aromatic N) is 2. The average molecular weight is 442 g/mol. The van der Waals surface area contributed by atoms with Gasteiger partial charge in [-0.05, 0) is 28.3 Å². The monoisotopic (exact) mass is 441 g/mol. The fourth-order valence-corrected chi connectivity index (χ4v) is 5.22. The standard InChI is InChI=1S/C26H23N3O2S/c1-17(30)29-14-13-19-8-3-5-11-21(19)24(29)15-25(31)28-26-27-23(16-32-26)22-12-6-9-18-7-2-4-10-20(18)22/h2-12,16,24H,13-15H2,1H3,(H,27,28,31). The van der Waals surface area contributed by atoms with E-state index in [9.17, 15) is 9.59 Å². The third kappa shape index (κ3) is 3.89. The lowest BCUT2D eigenvalue weighted by Crippen LogP contribution is -2.40. The van der Waals surface area contributed by atoms with Gasteiger partial charge in [-0.25, -0.2) is 4.98 Å². The number of thiazole rings is 1. The molecule has 5 nitrogen and oxygen atoms in total. The van der Waals surface area contributed by atoms with Crippen LogP contribution >= 0.6 is 11.3 Å². The molecule has 32 heavy (non-hydrogen) atoms. The molecule has 2 amide bonds. The van der Waals surface area contributed by atoms with Gasteiger partial charge in [0.1, 0.15) is 0 Å². The number of hydrogen-bond acceptors (Lipinski definition) is 4. The molecule has 0 spiro atoms. The van der Waals surface area contributed by atoms with Gasteiger partial charge in [-0.3, -0.25) is 9.59 Å². The molecular weight excluding hydrogens is 418 g/mol. The zero-order valence-electron chi connectivity index (χ0n) is 17.7. The number of benzene rings is 3. The Hall–Kier alpha value is -3.51. The number of anilines is 1. The SMILES string of the molecule is CC(=O)N1CCc2ccccc2C1CC(=O)Nc1nc(-c2cccc3ccccc23)cs1. The Morgan fingerprint density at radius 3 is 2.72 bits per heavy atom. The molecule has 4 aromatic rings. The molecule has 5 rings (SSSR count). The summed E-state index contributed by atoms with van der Waals surface area (Å²) in [5.74, 6) is -0.151. The number of carbonyl (C=O) groups is 2. The predicted molar refractivity (Wildman–Crippen MR) is 129 cm³/mol. The van der Waals surface area contributed by atoms with Crippen LogP contribution in [0.5, 0.6) is 0 Å². The Kier molecular flexibility index (Phi) is 5.45. The Morgan fingerprint density at radius 1 is 1.06 bits per heavy atom. The van der Waals surface area contributed by atoms with Crippen LogP contribution in [-0.2, 0) is 16.0 Å². The van der Waals surface area contributed by atoms with Gasteiger partial charge in [0.15, 0.2) is 5.13 Å². The van der Waals surface area contributed by atoms with Gasteiger partial charge < -0.3 is 10.2 Å². The lowest BCUT2D eigenvalue weighted by Gasteiger charge is -2.36. The largest absolute Gasteiger partial charge is 0.335 e. The summed E-state index contributed by atoms with van der Waals surface area (Å²) in [7, 11) is 0. The molecule has 1 atom stereocenters. The molecule has 1 unspecified atom stereocenters. The van der Waals surface area contributed by atoms with E-state index in [1.165, 1.54) is 16.9 Å². The normalized spacial score (nSPS) is 15.4. The summed E-state index contributed by atoms with van der Waals surface area (Å²) in [4.78, 5) is 31.6. The molecule has 0 aliphatic carbocycles. The van der Waals surface area contributed by atoms with Crippen molar-refractivity contribution in [2.75, 3.05) is 11.9 Å². The molecule has 0 bridgehead atoms. The van der Waals surface area contributed by atoms with Crippen LogP contribution in [0.25, 0.3) is 22.0 Å². The lowest BCUT2D eigenvalue weighted by atomic mass is 9.90. The summed E-state index contributed by atoms with van der Waals surface area (Å²) in [6.07, 6.45) is 1.02. The highest BCUT2D eigenvalue weighted by molar-refractivity contribution is 7.14. The Labute approximate surface area is 190 Å². The minimum absolute atomic E-state index is 0.00945. The molecule has 1 aliphatic heterocycles. The van der Waals surface area contributed by atoms with Crippen molar-refractivity contribution in [1.29, 1.82) is 0 Å². The summed E-state index contributed by atoms with van der Waals surface area (Å²) in [6.45, 7) is 2.20. The van der Waals surface area contributed by atoms with Gasteiger partial charge in [-0.2, -0.15) is 0 Å². The van der Waals surface area contributed by atoms with E-state index in [1.807, 2.05) is 47.8 Å². The number of aromatic nitrogens is 1. The second-order valence-corrected chi connectivity index (χ2v) is 8.85. The summed E-state index contributed by atoms with van der Waals surface area (Å²) < 4.78 is 0. The number of nitrogens with one attached hydrogen (secondary N) is 1. The molecule has 1 aliphatic rings. The van der Waals surface area contributed by atoms with Crippen LogP contribution in [0.4, 0.5) is 5.13 Å². The fourth-order valence-electron chi connectivity index (χ4n) is 4.50. The van der Waals surface area contributed by atoms with E-state index in [0.717, 1.165) is 34.0 Å². The molecule has 0 radical (unpaired) electrons. The van der Waals surface area contributed by atoms with E-state index in [2.05, 4.69) is 34.6 Å². The number of carbonyl (C=O) groups excluding carboxylic acids is 2. The van der Waals surface area contributed by atoms with E-state index in [0.29, 0.717) is 11.7 Å². The maximum absolute atomic E-state index is 12.9. The summed E-state index contributed by atoms with van der Waals surface area (Å²) in [5, 5.41) is 7.77. The molecule has 6 heteroatoms. The number of hydrogen-bond donors (Lipinski definition) is 1. The maximum atomic E-state index is 12.9. The quantitative estimate of drug-likeness (QED) is 0.459. The van der Waals surface area contributed by atoms with Crippen LogP contribution < -0.4 is 5.32 Å². The number of fused-ring (bicyclic) bond motifs is 2. The van der Waals surface area contributed by atoms with Crippen LogP contribution in [0, 0.1) is 0 Å². The van der Waals surface area contributed by atoms with Crippen molar-refractivity contribution in [2.45, 2.75) is 25.8 Å². The smallest absolute Gasteiger partial charge is 0.228 e. The van der Waals surface area contributed by atoms with E-state index in [1.54, 1.807) is 11.8 Å². The molecule has 0 saturated carbocycles. The van der Waals surface area contributed by atoms with Gasteiger partial charge in [0.05, 0.1) is 18.2 Å². The molecule has 3 aromatic carbocycles. The lowest BCUT2D eigenvalue weighted by molar-refractivity contribution is -0.132. The second kappa shape index (κ2) is 8.55. The maximum Gasteiger partial charge on any atom is 0.228 e. The van der Waals surface area contributed by atoms with Crippen molar-refractivity contribution in [3.05, 3.63) is 83.2 Å². The summed E-state index contributed by atoms with van der Waals surface area (Å²) in [6, 6.07) is 22.2. The van der Waals surface area contributed by atoms with Gasteiger partial charge in [0.2, 0.25) is 11.8 Å². The van der Waals surface area contributed by atoms with Crippen molar-refractivity contribution >= 4 is 39.1 Å². The molecule has 160 valence electrons. The van der Waals surface area contributed by atoms with Crippen molar-refractivity contribution in [3.8, 4) is 11.3 Å². The Bertz CT molecular complexity index is 1310. The first-order valence-electron chi connectivity index (χ1n) is 10.7. The molecular formula is C26H23N3O2S. The van der Waals surface area contributed by atoms with Gasteiger partial charge in [-0.1, -0.05) is 66.7 Å².